The van der Waals surface area contributed by atoms with Gasteiger partial charge >= 0.3 is 6.18 Å². The fraction of sp³-hybridized carbons (Fsp3) is 0.550. The number of nitrogens with one attached hydrogen (secondary N) is 1. The van der Waals surface area contributed by atoms with Crippen LogP contribution in [0, 0.1) is 0 Å². The van der Waals surface area contributed by atoms with Gasteiger partial charge in [0, 0.05) is 25.2 Å². The normalized spacial score (nSPS) is 12.3. The van der Waals surface area contributed by atoms with E-state index in [1.165, 1.54) is 4.57 Å². The molecule has 0 fully saturated rings. The Labute approximate surface area is 177 Å². The van der Waals surface area contributed by atoms with Gasteiger partial charge in [0.15, 0.2) is 5.16 Å². The first-order valence-corrected chi connectivity index (χ1v) is 10.7. The highest BCUT2D eigenvalue weighted by Crippen LogP contribution is 2.19. The predicted molar refractivity (Wildman–Crippen MR) is 113 cm³/mol. The Morgan fingerprint density at radius 1 is 1.20 bits per heavy atom. The summed E-state index contributed by atoms with van der Waals surface area (Å²) in [5.74, 6) is -1.03. The summed E-state index contributed by atoms with van der Waals surface area (Å²) >= 11 is 0.957. The first-order chi connectivity index (χ1) is 14.0. The van der Waals surface area contributed by atoms with Crippen LogP contribution in [0.25, 0.3) is 10.9 Å². The fourth-order valence-electron chi connectivity index (χ4n) is 3.16. The van der Waals surface area contributed by atoms with Crippen molar-refractivity contribution >= 4 is 28.6 Å². The lowest BCUT2D eigenvalue weighted by atomic mass is 10.2. The van der Waals surface area contributed by atoms with Gasteiger partial charge in [0.1, 0.15) is 6.54 Å². The highest BCUT2D eigenvalue weighted by atomic mass is 32.2. The minimum Gasteiger partial charge on any atom is -0.346 e. The molecule has 0 spiro atoms. The van der Waals surface area contributed by atoms with Crippen molar-refractivity contribution in [3.05, 3.63) is 34.6 Å². The summed E-state index contributed by atoms with van der Waals surface area (Å²) in [5, 5.41) is 2.61. The standard InChI is InChI=1S/C20H27F3N4O2S/c1-13(2)26(14(3)4)9-10-27-18(29)15-7-5-6-8-16(15)25-19(27)30-11-17(28)24-12-20(21,22)23/h5-8,13-14H,9-12H2,1-4H3,(H,24,28). The molecular weight excluding hydrogens is 417 g/mol. The fourth-order valence-corrected chi connectivity index (χ4v) is 4.02. The van der Waals surface area contributed by atoms with Crippen molar-refractivity contribution in [3.8, 4) is 0 Å². The Morgan fingerprint density at radius 2 is 1.83 bits per heavy atom. The third kappa shape index (κ3) is 6.73. The van der Waals surface area contributed by atoms with E-state index in [2.05, 4.69) is 37.6 Å². The van der Waals surface area contributed by atoms with Crippen molar-refractivity contribution in [3.63, 3.8) is 0 Å². The number of carbonyl (C=O) groups excluding carboxylic acids is 1. The number of hydrogen-bond acceptors (Lipinski definition) is 5. The number of amides is 1. The van der Waals surface area contributed by atoms with E-state index in [0.29, 0.717) is 29.1 Å². The van der Waals surface area contributed by atoms with E-state index < -0.39 is 18.6 Å². The van der Waals surface area contributed by atoms with Crippen LogP contribution >= 0.6 is 11.8 Å². The highest BCUT2D eigenvalue weighted by molar-refractivity contribution is 7.99. The molecule has 0 saturated carbocycles. The average Bonchev–Trinajstić information content (AvgIpc) is 2.65. The van der Waals surface area contributed by atoms with Crippen LogP contribution in [0.2, 0.25) is 0 Å². The molecule has 0 atom stereocenters. The van der Waals surface area contributed by atoms with E-state index in [4.69, 9.17) is 0 Å². The lowest BCUT2D eigenvalue weighted by Crippen LogP contribution is -2.40. The Hall–Kier alpha value is -2.07. The van der Waals surface area contributed by atoms with Crippen LogP contribution in [-0.4, -0.2) is 57.5 Å². The van der Waals surface area contributed by atoms with E-state index in [-0.39, 0.29) is 23.4 Å². The molecule has 1 heterocycles. The van der Waals surface area contributed by atoms with Crippen LogP contribution in [-0.2, 0) is 11.3 Å². The molecule has 0 bridgehead atoms. The molecule has 2 rings (SSSR count). The molecule has 2 aromatic rings. The quantitative estimate of drug-likeness (QED) is 0.475. The number of alkyl halides is 3. The van der Waals surface area contributed by atoms with Gasteiger partial charge in [-0.25, -0.2) is 4.98 Å². The van der Waals surface area contributed by atoms with E-state index in [1.807, 2.05) is 5.32 Å². The molecule has 0 aliphatic heterocycles. The van der Waals surface area contributed by atoms with Gasteiger partial charge in [-0.15, -0.1) is 0 Å². The molecule has 0 radical (unpaired) electrons. The van der Waals surface area contributed by atoms with Crippen molar-refractivity contribution < 1.29 is 18.0 Å². The summed E-state index contributed by atoms with van der Waals surface area (Å²) in [5.41, 5.74) is 0.257. The molecule has 30 heavy (non-hydrogen) atoms. The van der Waals surface area contributed by atoms with E-state index in [0.717, 1.165) is 11.8 Å². The molecule has 0 unspecified atom stereocenters. The second kappa shape index (κ2) is 10.3. The summed E-state index contributed by atoms with van der Waals surface area (Å²) in [6, 6.07) is 7.44. The Morgan fingerprint density at radius 3 is 2.43 bits per heavy atom. The average molecular weight is 445 g/mol. The zero-order chi connectivity index (χ0) is 22.5. The van der Waals surface area contributed by atoms with Crippen LogP contribution < -0.4 is 10.9 Å². The van der Waals surface area contributed by atoms with Crippen LogP contribution in [0.4, 0.5) is 13.2 Å². The molecule has 0 aliphatic rings. The van der Waals surface area contributed by atoms with Crippen molar-refractivity contribution in [2.45, 2.75) is 57.7 Å². The van der Waals surface area contributed by atoms with E-state index in [9.17, 15) is 22.8 Å². The van der Waals surface area contributed by atoms with Crippen LogP contribution in [0.1, 0.15) is 27.7 Å². The number of thioether (sulfide) groups is 1. The van der Waals surface area contributed by atoms with E-state index in [1.54, 1.807) is 24.3 Å². The van der Waals surface area contributed by atoms with Crippen LogP contribution in [0.5, 0.6) is 0 Å². The topological polar surface area (TPSA) is 67.2 Å². The zero-order valence-corrected chi connectivity index (χ0v) is 18.3. The maximum absolute atomic E-state index is 13.0. The van der Waals surface area contributed by atoms with Crippen LogP contribution in [0.15, 0.2) is 34.2 Å². The smallest absolute Gasteiger partial charge is 0.346 e. The minimum absolute atomic E-state index is 0.230. The van der Waals surface area contributed by atoms with Gasteiger partial charge in [0.2, 0.25) is 5.91 Å². The number of para-hydroxylation sites is 1. The second-order valence-corrected chi connectivity index (χ2v) is 8.42. The summed E-state index contributed by atoms with van der Waals surface area (Å²) in [4.78, 5) is 31.6. The Bertz CT molecular complexity index is 920. The highest BCUT2D eigenvalue weighted by Gasteiger charge is 2.27. The van der Waals surface area contributed by atoms with Gasteiger partial charge in [0.05, 0.1) is 16.7 Å². The van der Waals surface area contributed by atoms with Crippen LogP contribution in [0.3, 0.4) is 0 Å². The Kier molecular flexibility index (Phi) is 8.31. The van der Waals surface area contributed by atoms with E-state index >= 15 is 0 Å². The molecule has 1 aromatic carbocycles. The first kappa shape index (κ1) is 24.2. The maximum Gasteiger partial charge on any atom is 0.405 e. The first-order valence-electron chi connectivity index (χ1n) is 9.71. The number of fused-ring (bicyclic) bond motifs is 1. The summed E-state index contributed by atoms with van der Waals surface area (Å²) in [6.45, 7) is 7.86. The molecule has 1 amide bonds. The van der Waals surface area contributed by atoms with Crippen molar-refractivity contribution in [1.82, 2.24) is 19.8 Å². The predicted octanol–water partition coefficient (Wildman–Crippen LogP) is 3.29. The number of rotatable bonds is 9. The lowest BCUT2D eigenvalue weighted by molar-refractivity contribution is -0.136. The zero-order valence-electron chi connectivity index (χ0n) is 17.5. The molecule has 166 valence electrons. The van der Waals surface area contributed by atoms with Gasteiger partial charge in [-0.1, -0.05) is 23.9 Å². The van der Waals surface area contributed by atoms with Gasteiger partial charge < -0.3 is 5.32 Å². The number of benzene rings is 1. The summed E-state index contributed by atoms with van der Waals surface area (Å²) in [6.07, 6.45) is -4.47. The summed E-state index contributed by atoms with van der Waals surface area (Å²) in [7, 11) is 0. The molecule has 1 aromatic heterocycles. The lowest BCUT2D eigenvalue weighted by Gasteiger charge is -2.30. The monoisotopic (exact) mass is 444 g/mol. The van der Waals surface area contributed by atoms with Gasteiger partial charge in [-0.3, -0.25) is 19.1 Å². The molecule has 0 aliphatic carbocycles. The third-order valence-electron chi connectivity index (χ3n) is 4.55. The maximum atomic E-state index is 13.0. The Balaban J connectivity index is 2.27. The number of nitrogens with zero attached hydrogens (tertiary/aromatic N) is 3. The molecular formula is C20H27F3N4O2S. The number of aromatic nitrogens is 2. The molecule has 10 heteroatoms. The van der Waals surface area contributed by atoms with Gasteiger partial charge in [-0.2, -0.15) is 13.2 Å². The third-order valence-corrected chi connectivity index (χ3v) is 5.53. The number of carbonyl (C=O) groups is 1. The second-order valence-electron chi connectivity index (χ2n) is 7.47. The number of halogens is 3. The van der Waals surface area contributed by atoms with Crippen molar-refractivity contribution in [2.24, 2.45) is 0 Å². The minimum atomic E-state index is -4.47. The summed E-state index contributed by atoms with van der Waals surface area (Å²) < 4.78 is 38.4. The molecule has 6 nitrogen and oxygen atoms in total. The van der Waals surface area contributed by atoms with Gasteiger partial charge in [0.25, 0.3) is 5.56 Å². The number of hydrogen-bond donors (Lipinski definition) is 1. The van der Waals surface area contributed by atoms with Crippen molar-refractivity contribution in [1.29, 1.82) is 0 Å². The SMILES string of the molecule is CC(C)N(CCn1c(SCC(=O)NCC(F)(F)F)nc2ccccc2c1=O)C(C)C. The molecule has 0 saturated heterocycles. The largest absolute Gasteiger partial charge is 0.405 e. The van der Waals surface area contributed by atoms with Crippen molar-refractivity contribution in [2.75, 3.05) is 18.8 Å². The molecule has 1 N–H and O–H groups in total. The van der Waals surface area contributed by atoms with Gasteiger partial charge in [-0.05, 0) is 39.8 Å².